The second-order valence-electron chi connectivity index (χ2n) is 3.44. The zero-order valence-electron chi connectivity index (χ0n) is 8.47. The van der Waals surface area contributed by atoms with Gasteiger partial charge in [-0.1, -0.05) is 5.10 Å². The fourth-order valence-electron chi connectivity index (χ4n) is 1.54. The van der Waals surface area contributed by atoms with E-state index in [4.69, 9.17) is 0 Å². The van der Waals surface area contributed by atoms with Crippen LogP contribution in [0.5, 0.6) is 0 Å². The van der Waals surface area contributed by atoms with Crippen molar-refractivity contribution in [3.63, 3.8) is 0 Å². The first-order valence-electron chi connectivity index (χ1n) is 4.88. The number of H-pyrrole nitrogens is 1. The van der Waals surface area contributed by atoms with Crippen molar-refractivity contribution in [2.75, 3.05) is 26.2 Å². The normalized spacial score (nSPS) is 16.1. The van der Waals surface area contributed by atoms with Crippen molar-refractivity contribution in [1.29, 1.82) is 0 Å². The van der Waals surface area contributed by atoms with Crippen LogP contribution in [0.4, 0.5) is 5.82 Å². The molecule has 86 valence electrons. The Morgan fingerprint density at radius 1 is 1.50 bits per heavy atom. The lowest BCUT2D eigenvalue weighted by atomic mass is 10.3. The molecule has 0 radical (unpaired) electrons. The Labute approximate surface area is 90.8 Å². The first-order valence-corrected chi connectivity index (χ1v) is 4.88. The van der Waals surface area contributed by atoms with Crippen molar-refractivity contribution in [3.8, 4) is 0 Å². The van der Waals surface area contributed by atoms with Gasteiger partial charge in [-0.15, -0.1) is 5.10 Å². The van der Waals surface area contributed by atoms with E-state index in [0.717, 1.165) is 19.2 Å². The highest BCUT2D eigenvalue weighted by atomic mass is 16.6. The average molecular weight is 225 g/mol. The summed E-state index contributed by atoms with van der Waals surface area (Å²) in [7, 11) is 0. The Morgan fingerprint density at radius 3 is 2.75 bits per heavy atom. The number of rotatable bonds is 2. The smallest absolute Gasteiger partial charge is 0.343 e. The largest absolute Gasteiger partial charge is 0.358 e. The van der Waals surface area contributed by atoms with E-state index in [0.29, 0.717) is 13.1 Å². The van der Waals surface area contributed by atoms with Crippen molar-refractivity contribution in [2.45, 2.75) is 0 Å². The van der Waals surface area contributed by atoms with Gasteiger partial charge in [0, 0.05) is 26.2 Å². The third kappa shape index (κ3) is 2.01. The molecule has 0 aromatic carbocycles. The van der Waals surface area contributed by atoms with Crippen LogP contribution < -0.4 is 5.32 Å². The summed E-state index contributed by atoms with van der Waals surface area (Å²) < 4.78 is 0. The Hall–Kier alpha value is -1.96. The maximum atomic E-state index is 11.8. The zero-order valence-corrected chi connectivity index (χ0v) is 8.47. The molecule has 1 fully saturated rings. The fraction of sp³-hybridized carbons (Fsp3) is 0.500. The van der Waals surface area contributed by atoms with Gasteiger partial charge in [0.1, 0.15) is 0 Å². The Bertz CT molecular complexity index is 410. The number of aromatic nitrogens is 2. The summed E-state index contributed by atoms with van der Waals surface area (Å²) in [6.07, 6.45) is 0. The van der Waals surface area contributed by atoms with E-state index >= 15 is 0 Å². The summed E-state index contributed by atoms with van der Waals surface area (Å²) >= 11 is 0. The Morgan fingerprint density at radius 2 is 2.19 bits per heavy atom. The quantitative estimate of drug-likeness (QED) is 0.514. The molecule has 0 spiro atoms. The van der Waals surface area contributed by atoms with Crippen LogP contribution in [0.3, 0.4) is 0 Å². The van der Waals surface area contributed by atoms with E-state index in [-0.39, 0.29) is 17.4 Å². The molecule has 0 unspecified atom stereocenters. The molecule has 2 N–H and O–H groups in total. The first kappa shape index (κ1) is 10.6. The minimum absolute atomic E-state index is 0.0913. The topological polar surface area (TPSA) is 104 Å². The number of hydrogen-bond donors (Lipinski definition) is 2. The highest BCUT2D eigenvalue weighted by Crippen LogP contribution is 2.10. The van der Waals surface area contributed by atoms with Crippen molar-refractivity contribution >= 4 is 11.7 Å². The summed E-state index contributed by atoms with van der Waals surface area (Å²) in [5.41, 5.74) is 0.0913. The van der Waals surface area contributed by atoms with E-state index in [1.807, 2.05) is 0 Å². The lowest BCUT2D eigenvalue weighted by Gasteiger charge is -2.26. The van der Waals surface area contributed by atoms with Crippen LogP contribution in [-0.2, 0) is 0 Å². The number of nitrogens with one attached hydrogen (secondary N) is 2. The van der Waals surface area contributed by atoms with E-state index in [9.17, 15) is 14.9 Å². The number of nitro groups is 1. The predicted octanol–water partition coefficient (Wildman–Crippen LogP) is -0.637. The van der Waals surface area contributed by atoms with Crippen LogP contribution in [0.15, 0.2) is 6.07 Å². The molecule has 1 saturated heterocycles. The number of amides is 1. The number of nitrogens with zero attached hydrogens (tertiary/aromatic N) is 3. The molecule has 1 aromatic heterocycles. The molecular weight excluding hydrogens is 214 g/mol. The standard InChI is InChI=1S/C8H11N5O3/c14-8(12-3-1-9-2-4-12)6-5-7(11-10-6)13(15)16/h5,9H,1-4H2,(H,10,11). The van der Waals surface area contributed by atoms with E-state index in [2.05, 4.69) is 15.5 Å². The maximum absolute atomic E-state index is 11.8. The molecule has 8 heteroatoms. The van der Waals surface area contributed by atoms with Gasteiger partial charge in [0.15, 0.2) is 5.69 Å². The van der Waals surface area contributed by atoms with E-state index in [1.54, 1.807) is 4.90 Å². The lowest BCUT2D eigenvalue weighted by molar-refractivity contribution is -0.389. The minimum Gasteiger partial charge on any atom is -0.358 e. The Balaban J connectivity index is 2.10. The Kier molecular flexibility index (Phi) is 2.82. The van der Waals surface area contributed by atoms with Gasteiger partial charge in [0.25, 0.3) is 5.91 Å². The van der Waals surface area contributed by atoms with Crippen LogP contribution in [-0.4, -0.2) is 52.1 Å². The summed E-state index contributed by atoms with van der Waals surface area (Å²) in [6.45, 7) is 2.66. The number of hydrogen-bond acceptors (Lipinski definition) is 5. The summed E-state index contributed by atoms with van der Waals surface area (Å²) in [5, 5.41) is 19.4. The molecule has 0 aliphatic carbocycles. The molecule has 2 rings (SSSR count). The molecule has 0 bridgehead atoms. The van der Waals surface area contributed by atoms with Gasteiger partial charge in [-0.05, 0) is 4.92 Å². The molecule has 8 nitrogen and oxygen atoms in total. The lowest BCUT2D eigenvalue weighted by Crippen LogP contribution is -2.46. The van der Waals surface area contributed by atoms with Gasteiger partial charge in [-0.2, -0.15) is 0 Å². The second kappa shape index (κ2) is 4.27. The third-order valence-electron chi connectivity index (χ3n) is 2.38. The minimum atomic E-state index is -0.610. The molecule has 1 aliphatic heterocycles. The summed E-state index contributed by atoms with van der Waals surface area (Å²) in [6, 6.07) is 1.16. The second-order valence-corrected chi connectivity index (χ2v) is 3.44. The molecule has 2 heterocycles. The summed E-state index contributed by atoms with van der Waals surface area (Å²) in [5.74, 6) is -0.538. The zero-order chi connectivity index (χ0) is 11.5. The van der Waals surface area contributed by atoms with Gasteiger partial charge in [-0.25, -0.2) is 0 Å². The first-order chi connectivity index (χ1) is 7.68. The van der Waals surface area contributed by atoms with Crippen molar-refractivity contribution in [2.24, 2.45) is 0 Å². The monoisotopic (exact) mass is 225 g/mol. The number of piperazine rings is 1. The number of carbonyl (C=O) groups excluding carboxylic acids is 1. The number of carbonyl (C=O) groups is 1. The summed E-state index contributed by atoms with van der Waals surface area (Å²) in [4.78, 5) is 23.3. The number of aromatic amines is 1. The molecule has 1 amide bonds. The van der Waals surface area contributed by atoms with Gasteiger partial charge in [0.05, 0.1) is 6.07 Å². The van der Waals surface area contributed by atoms with Crippen LogP contribution in [0.25, 0.3) is 0 Å². The fourth-order valence-corrected chi connectivity index (χ4v) is 1.54. The van der Waals surface area contributed by atoms with Crippen molar-refractivity contribution in [3.05, 3.63) is 21.9 Å². The van der Waals surface area contributed by atoms with Crippen LogP contribution in [0.2, 0.25) is 0 Å². The highest BCUT2D eigenvalue weighted by Gasteiger charge is 2.23. The van der Waals surface area contributed by atoms with Gasteiger partial charge in [-0.3, -0.25) is 4.79 Å². The van der Waals surface area contributed by atoms with Gasteiger partial charge < -0.3 is 20.3 Å². The molecule has 0 atom stereocenters. The average Bonchev–Trinajstić information content (AvgIpc) is 2.78. The molecular formula is C8H11N5O3. The molecule has 16 heavy (non-hydrogen) atoms. The molecule has 0 saturated carbocycles. The predicted molar refractivity (Wildman–Crippen MR) is 54.0 cm³/mol. The van der Waals surface area contributed by atoms with Crippen LogP contribution in [0, 0.1) is 10.1 Å². The van der Waals surface area contributed by atoms with Crippen molar-refractivity contribution in [1.82, 2.24) is 20.4 Å². The van der Waals surface area contributed by atoms with Crippen molar-refractivity contribution < 1.29 is 9.72 Å². The van der Waals surface area contributed by atoms with Crippen LogP contribution >= 0.6 is 0 Å². The SMILES string of the molecule is O=C(c1cc([N+](=O)[O-])[nH]n1)N1CCNCC1. The molecule has 1 aliphatic rings. The highest BCUT2D eigenvalue weighted by molar-refractivity contribution is 5.92. The van der Waals surface area contributed by atoms with E-state index < -0.39 is 4.92 Å². The van der Waals surface area contributed by atoms with Gasteiger partial charge >= 0.3 is 5.82 Å². The third-order valence-corrected chi connectivity index (χ3v) is 2.38. The maximum Gasteiger partial charge on any atom is 0.343 e. The van der Waals surface area contributed by atoms with Gasteiger partial charge in [0.2, 0.25) is 0 Å². The van der Waals surface area contributed by atoms with Crippen LogP contribution in [0.1, 0.15) is 10.5 Å². The van der Waals surface area contributed by atoms with E-state index in [1.165, 1.54) is 0 Å². The molecule has 1 aromatic rings.